The summed E-state index contributed by atoms with van der Waals surface area (Å²) in [5.41, 5.74) is 2.83. The number of rotatable bonds is 6. The Hall–Kier alpha value is -2.86. The minimum atomic E-state index is -0.273. The number of anilines is 1. The van der Waals surface area contributed by atoms with Gasteiger partial charge in [-0.15, -0.1) is 24.0 Å². The fourth-order valence-corrected chi connectivity index (χ4v) is 3.54. The molecular weight excluding hydrogens is 535 g/mol. The average Bonchev–Trinajstić information content (AvgIpc) is 3.50. The molecule has 3 heterocycles. The highest BCUT2D eigenvalue weighted by atomic mass is 127. The molecule has 1 saturated heterocycles. The number of amides is 1. The van der Waals surface area contributed by atoms with E-state index in [2.05, 4.69) is 27.6 Å². The van der Waals surface area contributed by atoms with Crippen LogP contribution in [0, 0.1) is 0 Å². The highest BCUT2D eigenvalue weighted by Crippen LogP contribution is 2.22. The summed E-state index contributed by atoms with van der Waals surface area (Å²) in [7, 11) is 1.91. The number of carbonyl (C=O) groups excluding carboxylic acids is 1. The Morgan fingerprint density at radius 1 is 1.27 bits per heavy atom. The third-order valence-corrected chi connectivity index (χ3v) is 5.17. The second-order valence-corrected chi connectivity index (χ2v) is 7.55. The Morgan fingerprint density at radius 3 is 2.76 bits per heavy atom. The summed E-state index contributed by atoms with van der Waals surface area (Å²) in [6, 6.07) is 11.0. The lowest BCUT2D eigenvalue weighted by atomic mass is 10.1. The number of aliphatic imine (C=N–C) groups is 1. The predicted octanol–water partition coefficient (Wildman–Crippen LogP) is 3.42. The van der Waals surface area contributed by atoms with Crippen LogP contribution < -0.4 is 10.6 Å². The smallest absolute Gasteiger partial charge is 0.291 e. The van der Waals surface area contributed by atoms with Gasteiger partial charge in [0.15, 0.2) is 11.7 Å². The second-order valence-electron chi connectivity index (χ2n) is 7.55. The molecule has 1 fully saturated rings. The molecule has 1 atom stereocenters. The predicted molar refractivity (Wildman–Crippen MR) is 137 cm³/mol. The van der Waals surface area contributed by atoms with Gasteiger partial charge in [-0.25, -0.2) is 4.99 Å². The molecule has 3 aromatic rings. The minimum Gasteiger partial charge on any atom is -0.459 e. The Bertz CT molecular complexity index is 1050. The molecule has 0 bridgehead atoms. The molecule has 1 aliphatic heterocycles. The first-order valence-corrected chi connectivity index (χ1v) is 10.7. The number of nitrogens with one attached hydrogen (secondary N) is 2. The van der Waals surface area contributed by atoms with E-state index in [1.807, 2.05) is 43.7 Å². The van der Waals surface area contributed by atoms with Crippen LogP contribution in [-0.2, 0) is 18.3 Å². The number of halogens is 1. The summed E-state index contributed by atoms with van der Waals surface area (Å²) in [5, 5.41) is 10.5. The zero-order valence-electron chi connectivity index (χ0n) is 18.7. The number of furan rings is 1. The molecule has 1 amide bonds. The topological polar surface area (TPSA) is 96.9 Å². The Morgan fingerprint density at radius 2 is 2.09 bits per heavy atom. The van der Waals surface area contributed by atoms with Crippen molar-refractivity contribution in [2.24, 2.45) is 12.0 Å². The van der Waals surface area contributed by atoms with E-state index in [0.29, 0.717) is 18.8 Å². The normalized spacial score (nSPS) is 16.2. The molecule has 1 unspecified atom stereocenters. The third-order valence-electron chi connectivity index (χ3n) is 5.17. The molecule has 9 nitrogen and oxygen atoms in total. The van der Waals surface area contributed by atoms with Crippen molar-refractivity contribution < 1.29 is 13.9 Å². The number of guanidine groups is 1. The Balaban J connectivity index is 0.00000306. The van der Waals surface area contributed by atoms with Crippen LogP contribution in [0.1, 0.15) is 34.7 Å². The minimum absolute atomic E-state index is 0. The lowest BCUT2D eigenvalue weighted by molar-refractivity contribution is -0.00805. The summed E-state index contributed by atoms with van der Waals surface area (Å²) in [6.07, 6.45) is 5.29. The fraction of sp³-hybridized carbons (Fsp3) is 0.348. The molecule has 4 rings (SSSR count). The summed E-state index contributed by atoms with van der Waals surface area (Å²) < 4.78 is 12.9. The Labute approximate surface area is 210 Å². The van der Waals surface area contributed by atoms with Crippen molar-refractivity contribution in [2.45, 2.75) is 19.6 Å². The van der Waals surface area contributed by atoms with Gasteiger partial charge in [0, 0.05) is 37.6 Å². The monoisotopic (exact) mass is 564 g/mol. The van der Waals surface area contributed by atoms with Crippen LogP contribution in [-0.4, -0.2) is 52.8 Å². The number of hydrogen-bond donors (Lipinski definition) is 2. The first-order valence-electron chi connectivity index (χ1n) is 10.7. The lowest BCUT2D eigenvalue weighted by Crippen LogP contribution is -2.48. The SMILES string of the molecule is CCNC(=NCc1ccc(NC(=O)c2ccco2)cc1)N1CCOC(c2cnn(C)c2)C1.I. The van der Waals surface area contributed by atoms with Crippen LogP contribution in [0.4, 0.5) is 5.69 Å². The second kappa shape index (κ2) is 11.8. The molecule has 176 valence electrons. The van der Waals surface area contributed by atoms with E-state index in [0.717, 1.165) is 36.7 Å². The standard InChI is InChI=1S/C23H28N6O3.HI/c1-3-24-23(29-10-12-32-21(16-29)18-14-26-28(2)15-18)25-13-17-6-8-19(9-7-17)27-22(30)20-5-4-11-31-20;/h4-9,11,14-15,21H,3,10,12-13,16H2,1-2H3,(H,24,25)(H,27,30);1H. The molecule has 33 heavy (non-hydrogen) atoms. The van der Waals surface area contributed by atoms with Crippen molar-refractivity contribution >= 4 is 41.5 Å². The molecule has 0 radical (unpaired) electrons. The van der Waals surface area contributed by atoms with Crippen LogP contribution in [0.3, 0.4) is 0 Å². The van der Waals surface area contributed by atoms with Gasteiger partial charge in [0.05, 0.1) is 32.2 Å². The maximum absolute atomic E-state index is 12.1. The van der Waals surface area contributed by atoms with Crippen LogP contribution in [0.5, 0.6) is 0 Å². The van der Waals surface area contributed by atoms with Crippen molar-refractivity contribution in [1.29, 1.82) is 0 Å². The number of carbonyl (C=O) groups is 1. The van der Waals surface area contributed by atoms with E-state index in [-0.39, 0.29) is 41.7 Å². The molecule has 10 heteroatoms. The number of benzene rings is 1. The van der Waals surface area contributed by atoms with Gasteiger partial charge < -0.3 is 24.7 Å². The van der Waals surface area contributed by atoms with Crippen molar-refractivity contribution in [3.63, 3.8) is 0 Å². The number of ether oxygens (including phenoxy) is 1. The summed E-state index contributed by atoms with van der Waals surface area (Å²) in [4.78, 5) is 19.1. The summed E-state index contributed by atoms with van der Waals surface area (Å²) >= 11 is 0. The zero-order chi connectivity index (χ0) is 22.3. The molecule has 0 spiro atoms. The maximum Gasteiger partial charge on any atom is 0.291 e. The van der Waals surface area contributed by atoms with Crippen LogP contribution in [0.15, 0.2) is 64.5 Å². The quantitative estimate of drug-likeness (QED) is 0.271. The number of aromatic nitrogens is 2. The summed E-state index contributed by atoms with van der Waals surface area (Å²) in [5.74, 6) is 0.870. The van der Waals surface area contributed by atoms with E-state index < -0.39 is 0 Å². The highest BCUT2D eigenvalue weighted by Gasteiger charge is 2.25. The average molecular weight is 564 g/mol. The maximum atomic E-state index is 12.1. The van der Waals surface area contributed by atoms with Crippen LogP contribution in [0.2, 0.25) is 0 Å². The van der Waals surface area contributed by atoms with Gasteiger partial charge >= 0.3 is 0 Å². The van der Waals surface area contributed by atoms with E-state index in [4.69, 9.17) is 14.1 Å². The highest BCUT2D eigenvalue weighted by molar-refractivity contribution is 14.0. The number of hydrogen-bond acceptors (Lipinski definition) is 5. The van der Waals surface area contributed by atoms with Crippen molar-refractivity contribution in [3.05, 3.63) is 71.9 Å². The first kappa shape index (κ1) is 24.8. The van der Waals surface area contributed by atoms with Gasteiger partial charge in [-0.3, -0.25) is 9.48 Å². The van der Waals surface area contributed by atoms with Gasteiger partial charge in [0.1, 0.15) is 6.10 Å². The zero-order valence-corrected chi connectivity index (χ0v) is 21.1. The van der Waals surface area contributed by atoms with Gasteiger partial charge in [-0.2, -0.15) is 5.10 Å². The molecule has 1 aromatic carbocycles. The molecule has 0 aliphatic carbocycles. The fourth-order valence-electron chi connectivity index (χ4n) is 3.54. The van der Waals surface area contributed by atoms with Gasteiger partial charge in [0.25, 0.3) is 5.91 Å². The van der Waals surface area contributed by atoms with Crippen molar-refractivity contribution in [2.75, 3.05) is 31.6 Å². The van der Waals surface area contributed by atoms with E-state index in [1.165, 1.54) is 6.26 Å². The van der Waals surface area contributed by atoms with Gasteiger partial charge in [-0.05, 0) is 36.8 Å². The van der Waals surface area contributed by atoms with E-state index in [9.17, 15) is 4.79 Å². The molecule has 2 aromatic heterocycles. The van der Waals surface area contributed by atoms with Gasteiger partial charge in [0.2, 0.25) is 0 Å². The van der Waals surface area contributed by atoms with E-state index in [1.54, 1.807) is 16.8 Å². The van der Waals surface area contributed by atoms with Crippen molar-refractivity contribution in [3.8, 4) is 0 Å². The molecule has 2 N–H and O–H groups in total. The number of morpholine rings is 1. The van der Waals surface area contributed by atoms with Crippen molar-refractivity contribution in [1.82, 2.24) is 20.0 Å². The van der Waals surface area contributed by atoms with E-state index >= 15 is 0 Å². The number of nitrogens with zero attached hydrogens (tertiary/aromatic N) is 4. The summed E-state index contributed by atoms with van der Waals surface area (Å²) in [6.45, 7) is 5.50. The largest absolute Gasteiger partial charge is 0.459 e. The molecule has 1 aliphatic rings. The lowest BCUT2D eigenvalue weighted by Gasteiger charge is -2.34. The molecular formula is C23H29IN6O3. The van der Waals surface area contributed by atoms with Crippen LogP contribution >= 0.6 is 24.0 Å². The Kier molecular flexibility index (Phi) is 8.89. The third kappa shape index (κ3) is 6.57. The first-order chi connectivity index (χ1) is 15.6. The van der Waals surface area contributed by atoms with Crippen LogP contribution in [0.25, 0.3) is 0 Å². The number of aryl methyl sites for hydroxylation is 1. The molecule has 0 saturated carbocycles. The van der Waals surface area contributed by atoms with Gasteiger partial charge in [-0.1, -0.05) is 12.1 Å².